The van der Waals surface area contributed by atoms with Crippen molar-refractivity contribution in [1.29, 1.82) is 0 Å². The topological polar surface area (TPSA) is 86.1 Å². The monoisotopic (exact) mass is 400 g/mol. The smallest absolute Gasteiger partial charge is 0.233 e. The summed E-state index contributed by atoms with van der Waals surface area (Å²) in [6.07, 6.45) is 9.10. The molecule has 7 nitrogen and oxygen atoms in total. The lowest BCUT2D eigenvalue weighted by atomic mass is 9.95. The van der Waals surface area contributed by atoms with E-state index in [4.69, 9.17) is 8.83 Å². The van der Waals surface area contributed by atoms with Crippen LogP contribution in [-0.2, 0) is 11.3 Å². The number of thioether (sulfide) groups is 1. The summed E-state index contributed by atoms with van der Waals surface area (Å²) in [6.45, 7) is 2.26. The zero-order chi connectivity index (χ0) is 19.3. The average Bonchev–Trinajstić information content (AvgIpc) is 3.47. The Morgan fingerprint density at radius 2 is 2.00 bits per heavy atom. The number of nitrogens with zero attached hydrogens (tertiary/aromatic N) is 3. The van der Waals surface area contributed by atoms with Gasteiger partial charge in [0.25, 0.3) is 0 Å². The Hall–Kier alpha value is -2.48. The van der Waals surface area contributed by atoms with Gasteiger partial charge >= 0.3 is 0 Å². The van der Waals surface area contributed by atoms with Crippen LogP contribution in [0.2, 0.25) is 0 Å². The fourth-order valence-electron chi connectivity index (χ4n) is 3.54. The first-order valence-corrected chi connectivity index (χ1v) is 10.6. The van der Waals surface area contributed by atoms with E-state index in [1.165, 1.54) is 31.0 Å². The van der Waals surface area contributed by atoms with Crippen molar-refractivity contribution in [2.24, 2.45) is 0 Å². The van der Waals surface area contributed by atoms with Gasteiger partial charge in [0.05, 0.1) is 24.3 Å². The molecule has 1 atom stereocenters. The van der Waals surface area contributed by atoms with Gasteiger partial charge in [0, 0.05) is 6.04 Å². The number of rotatable bonds is 7. The Balaban J connectivity index is 1.50. The van der Waals surface area contributed by atoms with E-state index in [9.17, 15) is 4.79 Å². The summed E-state index contributed by atoms with van der Waals surface area (Å²) < 4.78 is 13.0. The van der Waals surface area contributed by atoms with Crippen LogP contribution in [0.25, 0.3) is 11.6 Å². The standard InChI is InChI=1S/C20H24N4O3S/c1-14(19(25)21-13-16-9-5-11-26-16)28-20-23-22-18(17-10-6-12-27-17)24(20)15-7-3-2-4-8-15/h5-6,9-12,14-15H,2-4,7-8,13H2,1H3,(H,21,25). The van der Waals surface area contributed by atoms with E-state index in [0.717, 1.165) is 29.6 Å². The van der Waals surface area contributed by atoms with Crippen LogP contribution in [0.4, 0.5) is 0 Å². The fraction of sp³-hybridized carbons (Fsp3) is 0.450. The van der Waals surface area contributed by atoms with Crippen molar-refractivity contribution in [3.63, 3.8) is 0 Å². The highest BCUT2D eigenvalue weighted by Gasteiger charge is 2.27. The summed E-state index contributed by atoms with van der Waals surface area (Å²) in [5, 5.41) is 12.2. The summed E-state index contributed by atoms with van der Waals surface area (Å²) in [5.74, 6) is 2.12. The molecule has 148 valence electrons. The van der Waals surface area contributed by atoms with Crippen molar-refractivity contribution in [3.05, 3.63) is 42.6 Å². The number of hydrogen-bond acceptors (Lipinski definition) is 6. The maximum Gasteiger partial charge on any atom is 0.233 e. The molecule has 4 rings (SSSR count). The molecule has 0 saturated heterocycles. The van der Waals surface area contributed by atoms with E-state index >= 15 is 0 Å². The van der Waals surface area contributed by atoms with Gasteiger partial charge in [-0.3, -0.25) is 9.36 Å². The van der Waals surface area contributed by atoms with Crippen LogP contribution >= 0.6 is 11.8 Å². The minimum atomic E-state index is -0.300. The first kappa shape index (κ1) is 18.9. The second kappa shape index (κ2) is 8.68. The first-order valence-electron chi connectivity index (χ1n) is 9.68. The third-order valence-electron chi connectivity index (χ3n) is 5.01. The minimum Gasteiger partial charge on any atom is -0.467 e. The van der Waals surface area contributed by atoms with Crippen LogP contribution in [-0.4, -0.2) is 25.9 Å². The molecule has 3 aromatic rings. The van der Waals surface area contributed by atoms with Gasteiger partial charge in [-0.2, -0.15) is 0 Å². The van der Waals surface area contributed by atoms with Crippen LogP contribution in [0.15, 0.2) is 50.8 Å². The van der Waals surface area contributed by atoms with Crippen LogP contribution in [0.3, 0.4) is 0 Å². The summed E-state index contributed by atoms with van der Waals surface area (Å²) in [4.78, 5) is 12.5. The lowest BCUT2D eigenvalue weighted by Gasteiger charge is -2.25. The van der Waals surface area contributed by atoms with E-state index < -0.39 is 0 Å². The lowest BCUT2D eigenvalue weighted by molar-refractivity contribution is -0.120. The van der Waals surface area contributed by atoms with Gasteiger partial charge in [0.15, 0.2) is 10.9 Å². The first-order chi connectivity index (χ1) is 13.7. The molecule has 8 heteroatoms. The lowest BCUT2D eigenvalue weighted by Crippen LogP contribution is -2.30. The predicted molar refractivity (Wildman–Crippen MR) is 106 cm³/mol. The Bertz CT molecular complexity index is 883. The number of nitrogens with one attached hydrogen (secondary N) is 1. The fourth-order valence-corrected chi connectivity index (χ4v) is 4.49. The quantitative estimate of drug-likeness (QED) is 0.590. The molecule has 3 heterocycles. The van der Waals surface area contributed by atoms with Crippen molar-refractivity contribution in [2.45, 2.75) is 62.0 Å². The molecule has 0 bridgehead atoms. The van der Waals surface area contributed by atoms with Crippen LogP contribution < -0.4 is 5.32 Å². The van der Waals surface area contributed by atoms with Gasteiger partial charge in [-0.05, 0) is 44.0 Å². The highest BCUT2D eigenvalue weighted by molar-refractivity contribution is 8.00. The van der Waals surface area contributed by atoms with Gasteiger partial charge in [0.1, 0.15) is 5.76 Å². The van der Waals surface area contributed by atoms with Gasteiger partial charge in [0.2, 0.25) is 11.7 Å². The zero-order valence-electron chi connectivity index (χ0n) is 15.8. The second-order valence-electron chi connectivity index (χ2n) is 7.00. The highest BCUT2D eigenvalue weighted by Crippen LogP contribution is 2.36. The molecule has 1 amide bonds. The molecule has 0 radical (unpaired) electrons. The van der Waals surface area contributed by atoms with E-state index in [1.54, 1.807) is 12.5 Å². The van der Waals surface area contributed by atoms with E-state index in [1.807, 2.05) is 31.2 Å². The van der Waals surface area contributed by atoms with Crippen molar-refractivity contribution in [3.8, 4) is 11.6 Å². The highest BCUT2D eigenvalue weighted by atomic mass is 32.2. The molecule has 1 fully saturated rings. The Morgan fingerprint density at radius 1 is 1.21 bits per heavy atom. The average molecular weight is 401 g/mol. The minimum absolute atomic E-state index is 0.0563. The molecule has 0 aromatic carbocycles. The second-order valence-corrected chi connectivity index (χ2v) is 8.31. The van der Waals surface area contributed by atoms with Gasteiger partial charge in [-0.1, -0.05) is 31.0 Å². The van der Waals surface area contributed by atoms with Crippen LogP contribution in [0.5, 0.6) is 0 Å². The molecule has 1 saturated carbocycles. The van der Waals surface area contributed by atoms with E-state index in [-0.39, 0.29) is 11.2 Å². The number of amides is 1. The van der Waals surface area contributed by atoms with Crippen molar-refractivity contribution in [1.82, 2.24) is 20.1 Å². The normalized spacial score (nSPS) is 16.2. The number of hydrogen-bond donors (Lipinski definition) is 1. The van der Waals surface area contributed by atoms with Crippen molar-refractivity contribution < 1.29 is 13.6 Å². The molecule has 1 unspecified atom stereocenters. The Morgan fingerprint density at radius 3 is 2.71 bits per heavy atom. The van der Waals surface area contributed by atoms with Crippen LogP contribution in [0, 0.1) is 0 Å². The molecule has 0 spiro atoms. The van der Waals surface area contributed by atoms with E-state index in [2.05, 4.69) is 20.1 Å². The largest absolute Gasteiger partial charge is 0.467 e. The number of aromatic nitrogens is 3. The third kappa shape index (κ3) is 4.16. The summed E-state index contributed by atoms with van der Waals surface area (Å²) in [5.41, 5.74) is 0. The third-order valence-corrected chi connectivity index (χ3v) is 6.07. The SMILES string of the molecule is CC(Sc1nnc(-c2ccco2)n1C1CCCCC1)C(=O)NCc1ccco1. The van der Waals surface area contributed by atoms with Crippen molar-refractivity contribution >= 4 is 17.7 Å². The summed E-state index contributed by atoms with van der Waals surface area (Å²) in [7, 11) is 0. The van der Waals surface area contributed by atoms with Gasteiger partial charge in [-0.15, -0.1) is 10.2 Å². The van der Waals surface area contributed by atoms with Gasteiger partial charge in [-0.25, -0.2) is 0 Å². The molecular formula is C20H24N4O3S. The Kier molecular flexibility index (Phi) is 5.85. The molecule has 1 aliphatic carbocycles. The molecule has 1 aliphatic rings. The number of carbonyl (C=O) groups is 1. The zero-order valence-corrected chi connectivity index (χ0v) is 16.7. The van der Waals surface area contributed by atoms with Crippen LogP contribution in [0.1, 0.15) is 50.8 Å². The summed E-state index contributed by atoms with van der Waals surface area (Å²) in [6, 6.07) is 7.74. The number of furan rings is 2. The van der Waals surface area contributed by atoms with Gasteiger partial charge < -0.3 is 14.2 Å². The Labute approximate surface area is 167 Å². The van der Waals surface area contributed by atoms with E-state index in [0.29, 0.717) is 18.3 Å². The maximum atomic E-state index is 12.5. The van der Waals surface area contributed by atoms with Crippen molar-refractivity contribution in [2.75, 3.05) is 0 Å². The molecule has 1 N–H and O–H groups in total. The summed E-state index contributed by atoms with van der Waals surface area (Å²) >= 11 is 1.43. The predicted octanol–water partition coefficient (Wildman–Crippen LogP) is 4.43. The number of carbonyl (C=O) groups excluding carboxylic acids is 1. The molecule has 0 aliphatic heterocycles. The molecule has 3 aromatic heterocycles. The molecule has 28 heavy (non-hydrogen) atoms. The maximum absolute atomic E-state index is 12.5. The molecular weight excluding hydrogens is 376 g/mol.